The van der Waals surface area contributed by atoms with E-state index in [1.807, 2.05) is 0 Å². The van der Waals surface area contributed by atoms with Crippen molar-refractivity contribution < 1.29 is 5.11 Å². The van der Waals surface area contributed by atoms with Crippen LogP contribution in [0.5, 0.6) is 0 Å². The highest BCUT2D eigenvalue weighted by molar-refractivity contribution is 6.20. The number of aromatic nitrogens is 3. The van der Waals surface area contributed by atoms with Crippen LogP contribution in [-0.4, -0.2) is 31.0 Å². The number of fused-ring (bicyclic) bond motifs is 4. The predicted octanol–water partition coefficient (Wildman–Crippen LogP) is 3.97. The van der Waals surface area contributed by atoms with Crippen LogP contribution in [0.3, 0.4) is 0 Å². The highest BCUT2D eigenvalue weighted by Crippen LogP contribution is 2.53. The third kappa shape index (κ3) is 2.13. The lowest BCUT2D eigenvalue weighted by molar-refractivity contribution is -0.0428. The summed E-state index contributed by atoms with van der Waals surface area (Å²) in [6.45, 7) is 9.15. The Morgan fingerprint density at radius 3 is 2.23 bits per heavy atom. The molecular formula is C17H30ClN3O. The van der Waals surface area contributed by atoms with Crippen molar-refractivity contribution in [3.05, 3.63) is 0 Å². The number of rotatable bonds is 1. The molecule has 0 amide bonds. The van der Waals surface area contributed by atoms with Crippen LogP contribution in [0.15, 0.2) is 0 Å². The monoisotopic (exact) mass is 327 g/mol. The molecule has 0 bridgehead atoms. The van der Waals surface area contributed by atoms with Gasteiger partial charge in [-0.1, -0.05) is 27.7 Å². The summed E-state index contributed by atoms with van der Waals surface area (Å²) in [6, 6.07) is 1.49. The van der Waals surface area contributed by atoms with Crippen LogP contribution in [0.2, 0.25) is 0 Å². The summed E-state index contributed by atoms with van der Waals surface area (Å²) in [5, 5.41) is 11.4. The van der Waals surface area contributed by atoms with E-state index in [4.69, 9.17) is 11.6 Å². The van der Waals surface area contributed by atoms with E-state index in [-0.39, 0.29) is 17.6 Å². The number of hydrogen-bond donors (Lipinski definition) is 1. The molecule has 1 N–H and O–H groups in total. The van der Waals surface area contributed by atoms with Gasteiger partial charge in [0, 0.05) is 5.38 Å². The first-order chi connectivity index (χ1) is 10.3. The van der Waals surface area contributed by atoms with Gasteiger partial charge in [-0.2, -0.15) is 14.4 Å². The second kappa shape index (κ2) is 4.83. The Morgan fingerprint density at radius 1 is 0.909 bits per heavy atom. The van der Waals surface area contributed by atoms with Crippen molar-refractivity contribution in [2.24, 2.45) is 17.3 Å². The maximum absolute atomic E-state index is 11.0. The lowest BCUT2D eigenvalue weighted by Crippen LogP contribution is -2.43. The largest absolute Gasteiger partial charge is 0.391 e. The Kier molecular flexibility index (Phi) is 3.33. The molecular weight excluding hydrogens is 298 g/mol. The summed E-state index contributed by atoms with van der Waals surface area (Å²) in [5.41, 5.74) is 0.167. The molecule has 2 saturated carbocycles. The van der Waals surface area contributed by atoms with Gasteiger partial charge in [0.1, 0.15) is 0 Å². The number of aliphatic hydroxyl groups is 1. The fraction of sp³-hybridized carbons (Fsp3) is 1.00. The zero-order valence-corrected chi connectivity index (χ0v) is 15.0. The second-order valence-electron chi connectivity index (χ2n) is 9.11. The van der Waals surface area contributed by atoms with Gasteiger partial charge in [-0.25, -0.2) is 0 Å². The quantitative estimate of drug-likeness (QED) is 0.778. The smallest absolute Gasteiger partial charge is 0.0972 e. The van der Waals surface area contributed by atoms with Crippen LogP contribution >= 0.6 is 11.6 Å². The van der Waals surface area contributed by atoms with Gasteiger partial charge in [0.2, 0.25) is 0 Å². The fourth-order valence-electron chi connectivity index (χ4n) is 5.18. The Labute approximate surface area is 138 Å². The SMILES string of the molecule is CC1CC(n2n3n2C2CC(Cl)CCC23)C(O)C(C(C)(C)C)C1. The van der Waals surface area contributed by atoms with E-state index >= 15 is 0 Å². The fourth-order valence-corrected chi connectivity index (χ4v) is 5.49. The molecule has 2 fully saturated rings. The molecule has 1 aromatic rings. The number of halogens is 1. The molecule has 0 saturated heterocycles. The zero-order valence-electron chi connectivity index (χ0n) is 14.2. The molecule has 3 aliphatic rings. The Balaban J connectivity index is 1.57. The second-order valence-corrected chi connectivity index (χ2v) is 9.73. The molecule has 126 valence electrons. The zero-order chi connectivity index (χ0) is 15.8. The van der Waals surface area contributed by atoms with Gasteiger partial charge < -0.3 is 5.11 Å². The third-order valence-electron chi connectivity index (χ3n) is 6.43. The van der Waals surface area contributed by atoms with Gasteiger partial charge in [0.05, 0.1) is 24.2 Å². The van der Waals surface area contributed by atoms with Crippen molar-refractivity contribution in [2.75, 3.05) is 0 Å². The minimum absolute atomic E-state index is 0.167. The van der Waals surface area contributed by atoms with E-state index in [1.54, 1.807) is 0 Å². The van der Waals surface area contributed by atoms with E-state index in [0.717, 1.165) is 25.7 Å². The summed E-state index contributed by atoms with van der Waals surface area (Å²) in [4.78, 5) is 7.16. The average molecular weight is 328 g/mol. The summed E-state index contributed by atoms with van der Waals surface area (Å²) in [7, 11) is 0. The van der Waals surface area contributed by atoms with Gasteiger partial charge in [-0.15, -0.1) is 11.6 Å². The third-order valence-corrected chi connectivity index (χ3v) is 6.82. The predicted molar refractivity (Wildman–Crippen MR) is 88.4 cm³/mol. The van der Waals surface area contributed by atoms with E-state index in [1.165, 1.54) is 6.42 Å². The summed E-state index contributed by atoms with van der Waals surface area (Å²) >= 11 is 6.35. The van der Waals surface area contributed by atoms with Gasteiger partial charge in [-0.05, 0) is 49.4 Å². The number of hydrogen-bond acceptors (Lipinski definition) is 1. The van der Waals surface area contributed by atoms with Crippen LogP contribution < -0.4 is 0 Å². The van der Waals surface area contributed by atoms with Crippen LogP contribution in [0, 0.1) is 17.3 Å². The first kappa shape index (κ1) is 15.2. The van der Waals surface area contributed by atoms with Crippen LogP contribution in [-0.2, 0) is 0 Å². The van der Waals surface area contributed by atoms with Crippen molar-refractivity contribution in [2.45, 2.75) is 89.4 Å². The first-order valence-electron chi connectivity index (χ1n) is 8.98. The van der Waals surface area contributed by atoms with Gasteiger partial charge >= 0.3 is 0 Å². The molecule has 22 heavy (non-hydrogen) atoms. The number of aliphatic hydroxyl groups excluding tert-OH is 1. The Bertz CT molecular complexity index is 551. The molecule has 0 radical (unpaired) electrons. The summed E-state index contributed by atoms with van der Waals surface area (Å²) in [6.07, 6.45) is 5.45. The van der Waals surface area contributed by atoms with Crippen molar-refractivity contribution in [1.29, 1.82) is 0 Å². The number of nitrogens with zero attached hydrogens (tertiary/aromatic N) is 3. The molecule has 7 atom stereocenters. The Morgan fingerprint density at radius 2 is 1.55 bits per heavy atom. The summed E-state index contributed by atoms with van der Waals surface area (Å²) in [5.74, 6) is 1.06. The minimum atomic E-state index is -0.226. The molecule has 4 nitrogen and oxygen atoms in total. The molecule has 4 rings (SSSR count). The molecule has 2 heterocycles. The van der Waals surface area contributed by atoms with E-state index in [9.17, 15) is 5.11 Å². The van der Waals surface area contributed by atoms with Crippen LogP contribution in [0.25, 0.3) is 0 Å². The topological polar surface area (TPSA) is 35.0 Å². The van der Waals surface area contributed by atoms with Gasteiger partial charge in [0.25, 0.3) is 0 Å². The average Bonchev–Trinajstić information content (AvgIpc) is 3.07. The molecule has 5 heteroatoms. The van der Waals surface area contributed by atoms with Crippen molar-refractivity contribution >= 4 is 11.6 Å². The number of alkyl halides is 1. The van der Waals surface area contributed by atoms with Crippen molar-refractivity contribution in [3.63, 3.8) is 0 Å². The molecule has 0 spiro atoms. The van der Waals surface area contributed by atoms with Crippen molar-refractivity contribution in [3.8, 4) is 0 Å². The lowest BCUT2D eigenvalue weighted by atomic mass is 9.66. The lowest BCUT2D eigenvalue weighted by Gasteiger charge is -2.43. The molecule has 1 aromatic heterocycles. The molecule has 1 aliphatic heterocycles. The maximum Gasteiger partial charge on any atom is 0.0972 e. The minimum Gasteiger partial charge on any atom is -0.391 e. The molecule has 2 aliphatic carbocycles. The Hall–Kier alpha value is -0.350. The standard InChI is InChI=1S/C17H30ClN3O/c1-10-7-12(17(2,3)4)16(22)15(8-10)21-19-13-6-5-11(18)9-14(13)20(19)21/h10-16,22H,5-9H2,1-4H3. The highest BCUT2D eigenvalue weighted by atomic mass is 35.5. The van der Waals surface area contributed by atoms with Crippen molar-refractivity contribution in [1.82, 2.24) is 14.4 Å². The maximum atomic E-state index is 11.0. The van der Waals surface area contributed by atoms with Crippen LogP contribution in [0.4, 0.5) is 0 Å². The van der Waals surface area contributed by atoms with Crippen LogP contribution in [0.1, 0.15) is 77.9 Å². The molecule has 0 aromatic carbocycles. The van der Waals surface area contributed by atoms with Gasteiger partial charge in [-0.3, -0.25) is 0 Å². The summed E-state index contributed by atoms with van der Waals surface area (Å²) < 4.78 is 0. The van der Waals surface area contributed by atoms with Gasteiger partial charge in [0.15, 0.2) is 0 Å². The van der Waals surface area contributed by atoms with E-state index in [0.29, 0.717) is 29.3 Å². The first-order valence-corrected chi connectivity index (χ1v) is 9.42. The van der Waals surface area contributed by atoms with E-state index < -0.39 is 0 Å². The van der Waals surface area contributed by atoms with E-state index in [2.05, 4.69) is 42.1 Å². The highest BCUT2D eigenvalue weighted by Gasteiger charge is 2.54. The normalized spacial score (nSPS) is 45.3. The molecule has 7 unspecified atom stereocenters.